The van der Waals surface area contributed by atoms with Gasteiger partial charge in [0.25, 0.3) is 0 Å². The Kier molecular flexibility index (Phi) is 6.76. The van der Waals surface area contributed by atoms with Crippen molar-refractivity contribution in [1.29, 1.82) is 0 Å². The van der Waals surface area contributed by atoms with Gasteiger partial charge in [-0.1, -0.05) is 12.1 Å². The molecule has 3 aromatic rings. The van der Waals surface area contributed by atoms with Gasteiger partial charge in [0.1, 0.15) is 35.7 Å². The molecule has 7 rings (SSSR count). The van der Waals surface area contributed by atoms with E-state index in [4.69, 9.17) is 15.2 Å². The fourth-order valence-electron chi connectivity index (χ4n) is 7.36. The Bertz CT molecular complexity index is 1530. The highest BCUT2D eigenvalue weighted by Gasteiger charge is 2.46. The van der Waals surface area contributed by atoms with Crippen molar-refractivity contribution in [3.05, 3.63) is 36.8 Å². The summed E-state index contributed by atoms with van der Waals surface area (Å²) in [4.78, 5) is 11.0. The Labute approximate surface area is 240 Å². The molecule has 1 saturated carbocycles. The topological polar surface area (TPSA) is 133 Å². The molecule has 1 aliphatic carbocycles. The Morgan fingerprint density at radius 3 is 2.54 bits per heavy atom. The van der Waals surface area contributed by atoms with Crippen molar-refractivity contribution in [2.45, 2.75) is 74.7 Å². The van der Waals surface area contributed by atoms with Gasteiger partial charge in [0.15, 0.2) is 9.84 Å². The van der Waals surface area contributed by atoms with Crippen molar-refractivity contribution >= 4 is 26.7 Å². The summed E-state index contributed by atoms with van der Waals surface area (Å²) < 4.78 is 38.3. The lowest BCUT2D eigenvalue weighted by molar-refractivity contribution is -0.0333. The number of anilines is 1. The fourth-order valence-corrected chi connectivity index (χ4v) is 8.64. The molecule has 220 valence electrons. The molecule has 0 radical (unpaired) electrons. The Morgan fingerprint density at radius 1 is 1.07 bits per heavy atom. The van der Waals surface area contributed by atoms with Crippen LogP contribution < -0.4 is 10.5 Å². The molecule has 2 bridgehead atoms. The highest BCUT2D eigenvalue weighted by molar-refractivity contribution is 7.91. The van der Waals surface area contributed by atoms with Crippen LogP contribution in [0.1, 0.15) is 57.4 Å². The summed E-state index contributed by atoms with van der Waals surface area (Å²) in [6.45, 7) is 2.07. The maximum atomic E-state index is 11.8. The van der Waals surface area contributed by atoms with Crippen LogP contribution in [-0.2, 0) is 14.6 Å². The molecule has 3 aliphatic heterocycles. The normalized spacial score (nSPS) is 31.5. The molecule has 41 heavy (non-hydrogen) atoms. The van der Waals surface area contributed by atoms with E-state index in [9.17, 15) is 13.5 Å². The minimum atomic E-state index is -2.94. The van der Waals surface area contributed by atoms with Gasteiger partial charge in [-0.3, -0.25) is 4.90 Å². The summed E-state index contributed by atoms with van der Waals surface area (Å²) >= 11 is 0. The van der Waals surface area contributed by atoms with Crippen LogP contribution in [0, 0.1) is 0 Å². The average molecular weight is 582 g/mol. The number of β-amino-alcohol motifs (C(OH)–C–C–N with tert-alkyl or cyclic N) is 1. The van der Waals surface area contributed by atoms with Crippen molar-refractivity contribution in [3.63, 3.8) is 0 Å². The van der Waals surface area contributed by atoms with Crippen LogP contribution in [-0.4, -0.2) is 88.0 Å². The number of hydrogen-bond acceptors (Lipinski definition) is 9. The maximum absolute atomic E-state index is 11.8. The molecule has 4 fully saturated rings. The Hall–Kier alpha value is -2.73. The molecule has 10 nitrogen and oxygen atoms in total. The third kappa shape index (κ3) is 5.33. The van der Waals surface area contributed by atoms with Crippen LogP contribution in [0.15, 0.2) is 36.8 Å². The third-order valence-electron chi connectivity index (χ3n) is 9.78. The molecule has 0 amide bonds. The smallest absolute Gasteiger partial charge is 0.152 e. The monoisotopic (exact) mass is 581 g/mol. The van der Waals surface area contributed by atoms with Crippen LogP contribution in [0.25, 0.3) is 22.2 Å². The van der Waals surface area contributed by atoms with Crippen molar-refractivity contribution in [2.24, 2.45) is 0 Å². The van der Waals surface area contributed by atoms with Gasteiger partial charge in [0, 0.05) is 37.4 Å². The minimum Gasteiger partial charge on any atom is -0.491 e. The first-order chi connectivity index (χ1) is 19.7. The second kappa shape index (κ2) is 10.2. The van der Waals surface area contributed by atoms with E-state index in [0.717, 1.165) is 66.4 Å². The molecular formula is C30H39N5O5S. The number of nitrogens with zero attached hydrogens (tertiary/aromatic N) is 4. The number of rotatable bonds is 7. The van der Waals surface area contributed by atoms with Crippen molar-refractivity contribution in [2.75, 3.05) is 43.5 Å². The highest BCUT2D eigenvalue weighted by Crippen LogP contribution is 2.44. The molecule has 4 aliphatic rings. The van der Waals surface area contributed by atoms with E-state index in [1.54, 1.807) is 0 Å². The molecule has 3 N–H and O–H groups in total. The summed E-state index contributed by atoms with van der Waals surface area (Å²) in [5.41, 5.74) is 8.23. The number of nitrogen functional groups attached to an aromatic ring is 1. The van der Waals surface area contributed by atoms with Gasteiger partial charge in [-0.15, -0.1) is 0 Å². The quantitative estimate of drug-likeness (QED) is 0.431. The third-order valence-corrected chi connectivity index (χ3v) is 11.4. The molecule has 0 unspecified atom stereocenters. The zero-order valence-corrected chi connectivity index (χ0v) is 24.2. The van der Waals surface area contributed by atoms with Crippen molar-refractivity contribution < 1.29 is 23.0 Å². The fraction of sp³-hybridized carbons (Fsp3) is 0.600. The van der Waals surface area contributed by atoms with E-state index < -0.39 is 15.4 Å². The number of fused-ring (bicyclic) bond motifs is 3. The van der Waals surface area contributed by atoms with Gasteiger partial charge < -0.3 is 24.9 Å². The van der Waals surface area contributed by atoms with E-state index in [0.29, 0.717) is 51.0 Å². The molecule has 1 aromatic carbocycles. The summed E-state index contributed by atoms with van der Waals surface area (Å²) in [5, 5.41) is 12.2. The lowest BCUT2D eigenvalue weighted by Crippen LogP contribution is -2.50. The number of nitrogens with two attached hydrogens (primary N) is 1. The van der Waals surface area contributed by atoms with Crippen LogP contribution in [0.5, 0.6) is 5.75 Å². The predicted molar refractivity (Wildman–Crippen MR) is 156 cm³/mol. The van der Waals surface area contributed by atoms with Crippen molar-refractivity contribution in [3.8, 4) is 16.9 Å². The first-order valence-electron chi connectivity index (χ1n) is 14.9. The number of aliphatic hydroxyl groups is 1. The molecule has 5 heterocycles. The number of benzene rings is 1. The second-order valence-corrected chi connectivity index (χ2v) is 14.9. The second-order valence-electron chi connectivity index (χ2n) is 12.6. The number of sulfone groups is 1. The van der Waals surface area contributed by atoms with Crippen LogP contribution >= 0.6 is 0 Å². The van der Waals surface area contributed by atoms with E-state index in [1.807, 2.05) is 12.1 Å². The predicted octanol–water partition coefficient (Wildman–Crippen LogP) is 3.35. The summed E-state index contributed by atoms with van der Waals surface area (Å²) in [7, 11) is -2.94. The zero-order valence-electron chi connectivity index (χ0n) is 23.4. The van der Waals surface area contributed by atoms with E-state index >= 15 is 0 Å². The standard InChI is InChI=1S/C30H39N5O5S/c31-27-26-25(21-2-1-3-24(16-21)39-19-30-10-6-23(40-30)7-11-30)17-35(28(26)33-20-32-27)22-4-8-29(36,9-5-22)18-34-12-14-41(37,38)15-13-34/h1-3,16-17,20,22-23,36H,4-15,18-19H2,(H2,31,32,33). The van der Waals surface area contributed by atoms with Gasteiger partial charge in [-0.25, -0.2) is 18.4 Å². The number of ether oxygens (including phenoxy) is 2. The van der Waals surface area contributed by atoms with Crippen LogP contribution in [0.3, 0.4) is 0 Å². The van der Waals surface area contributed by atoms with Crippen LogP contribution in [0.2, 0.25) is 0 Å². The molecule has 0 atom stereocenters. The van der Waals surface area contributed by atoms with Gasteiger partial charge in [0.05, 0.1) is 28.6 Å². The Morgan fingerprint density at radius 2 is 1.83 bits per heavy atom. The Balaban J connectivity index is 1.09. The van der Waals surface area contributed by atoms with Crippen molar-refractivity contribution in [1.82, 2.24) is 19.4 Å². The molecule has 0 spiro atoms. The number of aromatic nitrogens is 3. The van der Waals surface area contributed by atoms with E-state index in [2.05, 4.69) is 37.8 Å². The lowest BCUT2D eigenvalue weighted by atomic mass is 9.81. The summed E-state index contributed by atoms with van der Waals surface area (Å²) in [6, 6.07) is 8.27. The van der Waals surface area contributed by atoms with Gasteiger partial charge in [0.2, 0.25) is 0 Å². The summed E-state index contributed by atoms with van der Waals surface area (Å²) in [6.07, 6.45) is 11.3. The molecule has 2 aromatic heterocycles. The first kappa shape index (κ1) is 27.1. The molecule has 3 saturated heterocycles. The molecule has 11 heteroatoms. The highest BCUT2D eigenvalue weighted by atomic mass is 32.2. The van der Waals surface area contributed by atoms with Crippen LogP contribution in [0.4, 0.5) is 5.82 Å². The average Bonchev–Trinajstić information content (AvgIpc) is 3.68. The number of hydrogen-bond donors (Lipinski definition) is 2. The van der Waals surface area contributed by atoms with Gasteiger partial charge >= 0.3 is 0 Å². The maximum Gasteiger partial charge on any atom is 0.152 e. The van der Waals surface area contributed by atoms with E-state index in [-0.39, 0.29) is 23.1 Å². The molecular weight excluding hydrogens is 542 g/mol. The lowest BCUT2D eigenvalue weighted by Gasteiger charge is -2.40. The first-order valence-corrected chi connectivity index (χ1v) is 16.7. The van der Waals surface area contributed by atoms with Gasteiger partial charge in [-0.05, 0) is 69.1 Å². The minimum absolute atomic E-state index is 0.135. The van der Waals surface area contributed by atoms with E-state index in [1.165, 1.54) is 6.33 Å². The van der Waals surface area contributed by atoms with Gasteiger partial charge in [-0.2, -0.15) is 0 Å². The SMILES string of the molecule is Nc1ncnc2c1c(-c1cccc(OCC34CCC(CC3)O4)c1)cn2C1CCC(O)(CN2CCS(=O)(=O)CC2)CC1. The summed E-state index contributed by atoms with van der Waals surface area (Å²) in [5.74, 6) is 1.59. The largest absolute Gasteiger partial charge is 0.491 e. The zero-order chi connectivity index (χ0) is 28.2.